The van der Waals surface area contributed by atoms with E-state index in [-0.39, 0.29) is 12.4 Å². The Balaban J connectivity index is 0.00000289. The molecular weight excluding hydrogens is 250 g/mol. The molecule has 3 nitrogen and oxygen atoms in total. The zero-order valence-electron chi connectivity index (χ0n) is 11.5. The second-order valence-corrected chi connectivity index (χ2v) is 5.05. The number of likely N-dealkylation sites (tertiary alicyclic amines) is 1. The first-order valence-corrected chi connectivity index (χ1v) is 6.62. The molecule has 1 rings (SSSR count). The Morgan fingerprint density at radius 2 is 2.00 bits per heavy atom. The number of nitrogens with zero attached hydrogens (tertiary/aromatic N) is 1. The number of piperidine rings is 1. The molecule has 0 amide bonds. The van der Waals surface area contributed by atoms with Gasteiger partial charge >= 0.3 is 0 Å². The molecule has 0 aliphatic carbocycles. The molecule has 18 heavy (non-hydrogen) atoms. The van der Waals surface area contributed by atoms with Gasteiger partial charge in [0.25, 0.3) is 0 Å². The van der Waals surface area contributed by atoms with Crippen molar-refractivity contribution in [1.29, 1.82) is 0 Å². The Morgan fingerprint density at radius 3 is 2.50 bits per heavy atom. The lowest BCUT2D eigenvalue weighted by atomic mass is 10.1. The summed E-state index contributed by atoms with van der Waals surface area (Å²) < 4.78 is 5.62. The van der Waals surface area contributed by atoms with Crippen molar-refractivity contribution in [3.8, 4) is 12.3 Å². The number of halogens is 1. The minimum atomic E-state index is -0.539. The number of aliphatic hydroxyl groups is 1. The van der Waals surface area contributed by atoms with Crippen LogP contribution in [0.15, 0.2) is 0 Å². The highest BCUT2D eigenvalue weighted by atomic mass is 35.5. The number of β-amino-alcohol motifs (C(OH)–C–C–N with tert-alkyl or cyclic N) is 1. The van der Waals surface area contributed by atoms with Crippen molar-refractivity contribution < 1.29 is 9.84 Å². The van der Waals surface area contributed by atoms with Gasteiger partial charge in [-0.05, 0) is 39.3 Å². The Kier molecular flexibility index (Phi) is 8.64. The average Bonchev–Trinajstić information content (AvgIpc) is 2.37. The van der Waals surface area contributed by atoms with E-state index >= 15 is 0 Å². The fourth-order valence-corrected chi connectivity index (χ4v) is 2.02. The third-order valence-corrected chi connectivity index (χ3v) is 3.49. The minimum Gasteiger partial charge on any atom is -0.389 e. The Bertz CT molecular complexity index is 261. The van der Waals surface area contributed by atoms with E-state index in [9.17, 15) is 5.11 Å². The number of ether oxygens (including phenoxy) is 1. The van der Waals surface area contributed by atoms with Crippen LogP contribution in [0.4, 0.5) is 0 Å². The van der Waals surface area contributed by atoms with E-state index in [1.165, 1.54) is 19.3 Å². The third kappa shape index (κ3) is 6.06. The van der Waals surface area contributed by atoms with Gasteiger partial charge in [0, 0.05) is 6.54 Å². The molecule has 1 unspecified atom stereocenters. The molecule has 0 aromatic rings. The first-order chi connectivity index (χ1) is 8.09. The minimum absolute atomic E-state index is 0. The van der Waals surface area contributed by atoms with Crippen LogP contribution in [-0.2, 0) is 4.74 Å². The molecule has 1 N–H and O–H groups in total. The van der Waals surface area contributed by atoms with E-state index in [1.54, 1.807) is 0 Å². The molecule has 0 radical (unpaired) electrons. The summed E-state index contributed by atoms with van der Waals surface area (Å²) in [6.07, 6.45) is 9.54. The predicted octanol–water partition coefficient (Wildman–Crippen LogP) is 2.07. The van der Waals surface area contributed by atoms with Crippen LogP contribution in [0.2, 0.25) is 0 Å². The van der Waals surface area contributed by atoms with Gasteiger partial charge in [-0.3, -0.25) is 0 Å². The summed E-state index contributed by atoms with van der Waals surface area (Å²) in [5.41, 5.74) is -0.539. The van der Waals surface area contributed by atoms with Crippen molar-refractivity contribution in [2.24, 2.45) is 0 Å². The van der Waals surface area contributed by atoms with Crippen LogP contribution in [0.1, 0.15) is 39.5 Å². The molecule has 4 heteroatoms. The summed E-state index contributed by atoms with van der Waals surface area (Å²) in [6, 6.07) is 0. The lowest BCUT2D eigenvalue weighted by Gasteiger charge is -2.30. The molecular formula is C14H26ClNO2. The van der Waals surface area contributed by atoms with Gasteiger partial charge in [-0.15, -0.1) is 18.8 Å². The quantitative estimate of drug-likeness (QED) is 0.754. The summed E-state index contributed by atoms with van der Waals surface area (Å²) in [7, 11) is 0. The molecule has 1 saturated heterocycles. The van der Waals surface area contributed by atoms with E-state index in [1.807, 2.05) is 13.8 Å². The maximum atomic E-state index is 9.92. The van der Waals surface area contributed by atoms with Crippen molar-refractivity contribution in [3.05, 3.63) is 0 Å². The second-order valence-electron chi connectivity index (χ2n) is 5.05. The van der Waals surface area contributed by atoms with E-state index in [0.717, 1.165) is 19.5 Å². The maximum Gasteiger partial charge on any atom is 0.125 e. The standard InChI is InChI=1S/C14H25NO2.ClH/c1-4-14(3,5-2)17-12-13(16)11-15-9-7-6-8-10-15;/h1,13,16H,5-12H2,2-3H3;1H/t13?,14-;/m0./s1. The zero-order chi connectivity index (χ0) is 12.7. The Morgan fingerprint density at radius 1 is 1.39 bits per heavy atom. The van der Waals surface area contributed by atoms with Crippen LogP contribution in [0, 0.1) is 12.3 Å². The van der Waals surface area contributed by atoms with Crippen LogP contribution in [0.5, 0.6) is 0 Å². The van der Waals surface area contributed by atoms with E-state index in [4.69, 9.17) is 11.2 Å². The van der Waals surface area contributed by atoms with Gasteiger partial charge in [-0.2, -0.15) is 0 Å². The molecule has 0 saturated carbocycles. The summed E-state index contributed by atoms with van der Waals surface area (Å²) in [5.74, 6) is 2.64. The Labute approximate surface area is 117 Å². The lowest BCUT2D eigenvalue weighted by molar-refractivity contribution is -0.0481. The SMILES string of the molecule is C#C[C@@](C)(CC)OCC(O)CN1CCCCC1.Cl. The number of hydrogen-bond acceptors (Lipinski definition) is 3. The Hall–Kier alpha value is -0.270. The van der Waals surface area contributed by atoms with Crippen molar-refractivity contribution in [1.82, 2.24) is 4.90 Å². The lowest BCUT2D eigenvalue weighted by Crippen LogP contribution is -2.40. The van der Waals surface area contributed by atoms with Gasteiger partial charge in [0.05, 0.1) is 12.7 Å². The van der Waals surface area contributed by atoms with Crippen LogP contribution in [0.25, 0.3) is 0 Å². The maximum absolute atomic E-state index is 9.92. The third-order valence-electron chi connectivity index (χ3n) is 3.49. The number of terminal acetylenes is 1. The first-order valence-electron chi connectivity index (χ1n) is 6.62. The monoisotopic (exact) mass is 275 g/mol. The molecule has 0 bridgehead atoms. The number of hydrogen-bond donors (Lipinski definition) is 1. The van der Waals surface area contributed by atoms with E-state index in [0.29, 0.717) is 13.2 Å². The summed E-state index contributed by atoms with van der Waals surface area (Å²) in [5, 5.41) is 9.92. The van der Waals surface area contributed by atoms with Gasteiger partial charge in [-0.1, -0.05) is 19.3 Å². The van der Waals surface area contributed by atoms with Crippen molar-refractivity contribution >= 4 is 12.4 Å². The van der Waals surface area contributed by atoms with E-state index < -0.39 is 11.7 Å². The highest BCUT2D eigenvalue weighted by Gasteiger charge is 2.22. The molecule has 1 aliphatic rings. The van der Waals surface area contributed by atoms with Gasteiger partial charge in [-0.25, -0.2) is 0 Å². The van der Waals surface area contributed by atoms with Crippen LogP contribution in [0.3, 0.4) is 0 Å². The fraction of sp³-hybridized carbons (Fsp3) is 0.857. The van der Waals surface area contributed by atoms with Crippen molar-refractivity contribution in [3.63, 3.8) is 0 Å². The summed E-state index contributed by atoms with van der Waals surface area (Å²) in [6.45, 7) is 7.10. The molecule has 1 fully saturated rings. The van der Waals surface area contributed by atoms with Gasteiger partial charge in [0.15, 0.2) is 0 Å². The molecule has 1 aliphatic heterocycles. The molecule has 106 valence electrons. The number of aliphatic hydroxyl groups excluding tert-OH is 1. The largest absolute Gasteiger partial charge is 0.389 e. The molecule has 0 spiro atoms. The van der Waals surface area contributed by atoms with Gasteiger partial charge in [0.2, 0.25) is 0 Å². The average molecular weight is 276 g/mol. The van der Waals surface area contributed by atoms with Crippen molar-refractivity contribution in [2.45, 2.75) is 51.2 Å². The van der Waals surface area contributed by atoms with Crippen LogP contribution in [-0.4, -0.2) is 48.0 Å². The fourth-order valence-electron chi connectivity index (χ4n) is 2.02. The molecule has 0 aromatic carbocycles. The van der Waals surface area contributed by atoms with Crippen molar-refractivity contribution in [2.75, 3.05) is 26.2 Å². The molecule has 1 heterocycles. The second kappa shape index (κ2) is 8.77. The smallest absolute Gasteiger partial charge is 0.125 e. The normalized spacial score (nSPS) is 21.4. The van der Waals surface area contributed by atoms with Gasteiger partial charge in [0.1, 0.15) is 5.60 Å². The highest BCUT2D eigenvalue weighted by Crippen LogP contribution is 2.14. The van der Waals surface area contributed by atoms with Crippen LogP contribution < -0.4 is 0 Å². The first kappa shape index (κ1) is 17.7. The molecule has 2 atom stereocenters. The highest BCUT2D eigenvalue weighted by molar-refractivity contribution is 5.85. The number of rotatable bonds is 6. The topological polar surface area (TPSA) is 32.7 Å². The van der Waals surface area contributed by atoms with Gasteiger partial charge < -0.3 is 14.7 Å². The molecule has 0 aromatic heterocycles. The summed E-state index contributed by atoms with van der Waals surface area (Å²) in [4.78, 5) is 2.30. The van der Waals surface area contributed by atoms with Crippen LogP contribution >= 0.6 is 12.4 Å². The summed E-state index contributed by atoms with van der Waals surface area (Å²) >= 11 is 0. The zero-order valence-corrected chi connectivity index (χ0v) is 12.3. The predicted molar refractivity (Wildman–Crippen MR) is 77.0 cm³/mol. The van der Waals surface area contributed by atoms with E-state index in [2.05, 4.69) is 10.8 Å².